The number of hydrogen-bond donors (Lipinski definition) is 1. The van der Waals surface area contributed by atoms with Crippen molar-refractivity contribution in [3.05, 3.63) is 27.9 Å². The molecule has 0 aliphatic rings. The lowest BCUT2D eigenvalue weighted by molar-refractivity contribution is -0.385. The quantitative estimate of drug-likeness (QED) is 0.622. The average Bonchev–Trinajstić information content (AvgIpc) is 2.27. The molecule has 1 heterocycles. The predicted molar refractivity (Wildman–Crippen MR) is 69.8 cm³/mol. The first-order chi connectivity index (χ1) is 8.35. The van der Waals surface area contributed by atoms with E-state index in [-0.39, 0.29) is 11.3 Å². The van der Waals surface area contributed by atoms with Crippen LogP contribution >= 0.6 is 0 Å². The van der Waals surface area contributed by atoms with Gasteiger partial charge in [-0.1, -0.05) is 0 Å². The highest BCUT2D eigenvalue weighted by Crippen LogP contribution is 2.20. The molecule has 0 fully saturated rings. The highest BCUT2D eigenvalue weighted by Gasteiger charge is 2.18. The summed E-state index contributed by atoms with van der Waals surface area (Å²) in [7, 11) is 0. The largest absolute Gasteiger partial charge is 0.374 e. The Hall–Kier alpha value is -1.69. The molecule has 6 nitrogen and oxygen atoms in total. The number of nitro groups is 1. The molecule has 0 aliphatic heterocycles. The number of nitrogens with one attached hydrogen (secondary N) is 1. The van der Waals surface area contributed by atoms with E-state index in [9.17, 15) is 10.1 Å². The van der Waals surface area contributed by atoms with Crippen LogP contribution in [0, 0.1) is 17.0 Å². The van der Waals surface area contributed by atoms with Crippen LogP contribution in [0.25, 0.3) is 0 Å². The van der Waals surface area contributed by atoms with Gasteiger partial charge in [-0.05, 0) is 27.7 Å². The molecule has 0 saturated heterocycles. The van der Waals surface area contributed by atoms with E-state index in [0.717, 1.165) is 0 Å². The number of aromatic nitrogens is 1. The summed E-state index contributed by atoms with van der Waals surface area (Å²) in [6, 6.07) is 1.44. The molecule has 0 radical (unpaired) electrons. The molecule has 0 bridgehead atoms. The number of pyridine rings is 1. The molecule has 18 heavy (non-hydrogen) atoms. The Morgan fingerprint density at radius 1 is 1.56 bits per heavy atom. The minimum absolute atomic E-state index is 0.0710. The maximum atomic E-state index is 10.8. The minimum atomic E-state index is -0.407. The zero-order valence-electron chi connectivity index (χ0n) is 11.2. The monoisotopic (exact) mass is 253 g/mol. The molecule has 6 heteroatoms. The van der Waals surface area contributed by atoms with Crippen molar-refractivity contribution in [1.29, 1.82) is 0 Å². The molecule has 100 valence electrons. The third-order valence-electron chi connectivity index (χ3n) is 2.50. The van der Waals surface area contributed by atoms with Gasteiger partial charge in [0, 0.05) is 24.9 Å². The van der Waals surface area contributed by atoms with Gasteiger partial charge in [0.1, 0.15) is 5.82 Å². The van der Waals surface area contributed by atoms with Gasteiger partial charge in [0.05, 0.1) is 16.6 Å². The molecule has 0 amide bonds. The summed E-state index contributed by atoms with van der Waals surface area (Å²) in [6.45, 7) is 8.65. The molecular formula is C12H19N3O3. The third kappa shape index (κ3) is 3.96. The van der Waals surface area contributed by atoms with Crippen LogP contribution in [0.1, 0.15) is 26.3 Å². The molecule has 0 unspecified atom stereocenters. The van der Waals surface area contributed by atoms with Crippen molar-refractivity contribution in [2.75, 3.05) is 18.5 Å². The third-order valence-corrected chi connectivity index (χ3v) is 2.50. The van der Waals surface area contributed by atoms with Crippen molar-refractivity contribution in [2.24, 2.45) is 0 Å². The molecule has 0 aromatic carbocycles. The molecule has 0 aliphatic carbocycles. The van der Waals surface area contributed by atoms with Gasteiger partial charge in [-0.3, -0.25) is 10.1 Å². The first-order valence-corrected chi connectivity index (χ1v) is 5.84. The molecule has 1 rings (SSSR count). The fraction of sp³-hybridized carbons (Fsp3) is 0.583. The second kappa shape index (κ2) is 5.77. The number of rotatable bonds is 6. The summed E-state index contributed by atoms with van der Waals surface area (Å²) >= 11 is 0. The fourth-order valence-corrected chi connectivity index (χ4v) is 1.55. The average molecular weight is 253 g/mol. The summed E-state index contributed by atoms with van der Waals surface area (Å²) < 4.78 is 5.53. The van der Waals surface area contributed by atoms with E-state index in [2.05, 4.69) is 10.3 Å². The highest BCUT2D eigenvalue weighted by molar-refractivity contribution is 5.49. The second-order valence-electron chi connectivity index (χ2n) is 4.66. The van der Waals surface area contributed by atoms with Crippen LogP contribution < -0.4 is 5.32 Å². The lowest BCUT2D eigenvalue weighted by Gasteiger charge is -2.25. The van der Waals surface area contributed by atoms with Gasteiger partial charge in [-0.25, -0.2) is 4.98 Å². The van der Waals surface area contributed by atoms with Gasteiger partial charge in [0.15, 0.2) is 0 Å². The highest BCUT2D eigenvalue weighted by atomic mass is 16.6. The van der Waals surface area contributed by atoms with Crippen LogP contribution in [-0.2, 0) is 4.74 Å². The zero-order valence-corrected chi connectivity index (χ0v) is 11.2. The van der Waals surface area contributed by atoms with Crippen LogP contribution in [-0.4, -0.2) is 28.7 Å². The maximum Gasteiger partial charge on any atom is 0.277 e. The Kier molecular flexibility index (Phi) is 4.61. The van der Waals surface area contributed by atoms with Crippen molar-refractivity contribution >= 4 is 11.5 Å². The number of nitrogens with zero attached hydrogens (tertiary/aromatic N) is 2. The van der Waals surface area contributed by atoms with Crippen molar-refractivity contribution in [1.82, 2.24) is 4.98 Å². The predicted octanol–water partition coefficient (Wildman–Crippen LogP) is 2.53. The van der Waals surface area contributed by atoms with Crippen LogP contribution in [0.3, 0.4) is 0 Å². The Bertz CT molecular complexity index is 433. The van der Waals surface area contributed by atoms with Crippen molar-refractivity contribution in [3.63, 3.8) is 0 Å². The first-order valence-electron chi connectivity index (χ1n) is 5.84. The van der Waals surface area contributed by atoms with E-state index in [4.69, 9.17) is 4.74 Å². The zero-order chi connectivity index (χ0) is 13.8. The smallest absolute Gasteiger partial charge is 0.277 e. The molecule has 0 spiro atoms. The fourth-order valence-electron chi connectivity index (χ4n) is 1.55. The van der Waals surface area contributed by atoms with Crippen LogP contribution in [0.5, 0.6) is 0 Å². The molecule has 0 atom stereocenters. The standard InChI is InChI=1S/C12H19N3O3/c1-5-18-12(3,4)8-14-11-6-10(15(16)17)9(2)7-13-11/h6-7H,5,8H2,1-4H3,(H,13,14). The van der Waals surface area contributed by atoms with Gasteiger partial charge in [-0.2, -0.15) is 0 Å². The maximum absolute atomic E-state index is 10.8. The van der Waals surface area contributed by atoms with E-state index < -0.39 is 4.92 Å². The molecule has 1 aromatic heterocycles. The molecular weight excluding hydrogens is 234 g/mol. The SMILES string of the molecule is CCOC(C)(C)CNc1cc([N+](=O)[O-])c(C)cn1. The number of anilines is 1. The summed E-state index contributed by atoms with van der Waals surface area (Å²) in [5, 5.41) is 13.9. The molecule has 1 aromatic rings. The summed E-state index contributed by atoms with van der Waals surface area (Å²) in [5.41, 5.74) is 0.284. The van der Waals surface area contributed by atoms with Crippen LogP contribution in [0.2, 0.25) is 0 Å². The Balaban J connectivity index is 2.74. The van der Waals surface area contributed by atoms with Gasteiger partial charge in [-0.15, -0.1) is 0 Å². The lowest BCUT2D eigenvalue weighted by Crippen LogP contribution is -2.33. The van der Waals surface area contributed by atoms with Crippen LogP contribution in [0.4, 0.5) is 11.5 Å². The van der Waals surface area contributed by atoms with E-state index in [1.54, 1.807) is 6.92 Å². The van der Waals surface area contributed by atoms with Gasteiger partial charge >= 0.3 is 0 Å². The van der Waals surface area contributed by atoms with Gasteiger partial charge in [0.2, 0.25) is 0 Å². The first kappa shape index (κ1) is 14.4. The van der Waals surface area contributed by atoms with E-state index in [1.165, 1.54) is 12.3 Å². The number of hydrogen-bond acceptors (Lipinski definition) is 5. The number of ether oxygens (including phenoxy) is 1. The van der Waals surface area contributed by atoms with Gasteiger partial charge in [0.25, 0.3) is 5.69 Å². The summed E-state index contributed by atoms with van der Waals surface area (Å²) in [6.07, 6.45) is 1.49. The molecule has 0 saturated carbocycles. The molecule has 1 N–H and O–H groups in total. The van der Waals surface area contributed by atoms with Crippen molar-refractivity contribution in [3.8, 4) is 0 Å². The van der Waals surface area contributed by atoms with E-state index in [0.29, 0.717) is 24.5 Å². The minimum Gasteiger partial charge on any atom is -0.374 e. The van der Waals surface area contributed by atoms with E-state index in [1.807, 2.05) is 20.8 Å². The Morgan fingerprint density at radius 3 is 2.78 bits per heavy atom. The second-order valence-corrected chi connectivity index (χ2v) is 4.66. The van der Waals surface area contributed by atoms with Crippen molar-refractivity contribution in [2.45, 2.75) is 33.3 Å². The number of aryl methyl sites for hydroxylation is 1. The van der Waals surface area contributed by atoms with E-state index >= 15 is 0 Å². The van der Waals surface area contributed by atoms with Gasteiger partial charge < -0.3 is 10.1 Å². The summed E-state index contributed by atoms with van der Waals surface area (Å²) in [5.74, 6) is 0.486. The summed E-state index contributed by atoms with van der Waals surface area (Å²) in [4.78, 5) is 14.5. The lowest BCUT2D eigenvalue weighted by atomic mass is 10.1. The van der Waals surface area contributed by atoms with Crippen molar-refractivity contribution < 1.29 is 9.66 Å². The normalized spacial score (nSPS) is 11.3. The Morgan fingerprint density at radius 2 is 2.22 bits per heavy atom. The van der Waals surface area contributed by atoms with Crippen LogP contribution in [0.15, 0.2) is 12.3 Å². The Labute approximate surface area is 107 Å². The topological polar surface area (TPSA) is 77.3 Å².